The van der Waals surface area contributed by atoms with Gasteiger partial charge in [0.15, 0.2) is 0 Å². The molecule has 106 valence electrons. The molecule has 1 heterocycles. The van der Waals surface area contributed by atoms with Gasteiger partial charge in [-0.15, -0.1) is 0 Å². The van der Waals surface area contributed by atoms with Crippen molar-refractivity contribution in [2.24, 2.45) is 5.92 Å². The third-order valence-electron chi connectivity index (χ3n) is 4.23. The second-order valence-electron chi connectivity index (χ2n) is 5.68. The maximum absolute atomic E-state index is 6.41. The Balaban J connectivity index is 1.86. The summed E-state index contributed by atoms with van der Waals surface area (Å²) in [6.07, 6.45) is 3.87. The first kappa shape index (κ1) is 13.4. The summed E-state index contributed by atoms with van der Waals surface area (Å²) in [6, 6.07) is 14.8. The monoisotopic (exact) mass is 269 g/mol. The molecule has 2 aromatic rings. The molecule has 1 aliphatic rings. The van der Waals surface area contributed by atoms with Crippen LogP contribution in [-0.2, 0) is 0 Å². The Bertz CT molecular complexity index is 555. The van der Waals surface area contributed by atoms with Crippen LogP contribution in [0.3, 0.4) is 0 Å². The molecule has 0 aromatic heterocycles. The van der Waals surface area contributed by atoms with Gasteiger partial charge in [-0.05, 0) is 30.8 Å². The highest BCUT2D eigenvalue weighted by Gasteiger charge is 2.26. The molecule has 2 heteroatoms. The second-order valence-corrected chi connectivity index (χ2v) is 5.68. The Morgan fingerprint density at radius 1 is 1.20 bits per heavy atom. The molecule has 0 bridgehead atoms. The Morgan fingerprint density at radius 2 is 2.05 bits per heavy atom. The molecule has 2 nitrogen and oxygen atoms in total. The van der Waals surface area contributed by atoms with E-state index >= 15 is 0 Å². The average molecular weight is 269 g/mol. The van der Waals surface area contributed by atoms with Crippen molar-refractivity contribution in [3.63, 3.8) is 0 Å². The van der Waals surface area contributed by atoms with Crippen LogP contribution in [0.2, 0.25) is 0 Å². The minimum absolute atomic E-state index is 0.334. The van der Waals surface area contributed by atoms with E-state index in [-0.39, 0.29) is 0 Å². The zero-order valence-electron chi connectivity index (χ0n) is 12.1. The summed E-state index contributed by atoms with van der Waals surface area (Å²) in [4.78, 5) is 0. The largest absolute Gasteiger partial charge is 0.489 e. The van der Waals surface area contributed by atoms with Gasteiger partial charge in [0.25, 0.3) is 0 Å². The molecule has 0 amide bonds. The van der Waals surface area contributed by atoms with Crippen molar-refractivity contribution in [2.45, 2.75) is 32.3 Å². The van der Waals surface area contributed by atoms with E-state index in [0.717, 1.165) is 25.3 Å². The fourth-order valence-corrected chi connectivity index (χ4v) is 3.13. The van der Waals surface area contributed by atoms with E-state index in [0.29, 0.717) is 12.0 Å². The van der Waals surface area contributed by atoms with Gasteiger partial charge < -0.3 is 10.1 Å². The van der Waals surface area contributed by atoms with Crippen molar-refractivity contribution in [1.82, 2.24) is 5.32 Å². The molecule has 0 radical (unpaired) electrons. The number of fused-ring (bicyclic) bond motifs is 1. The molecular weight excluding hydrogens is 246 g/mol. The van der Waals surface area contributed by atoms with Gasteiger partial charge in [0.05, 0.1) is 0 Å². The van der Waals surface area contributed by atoms with E-state index in [1.54, 1.807) is 0 Å². The predicted octanol–water partition coefficient (Wildman–Crippen LogP) is 4.00. The molecule has 1 saturated heterocycles. The van der Waals surface area contributed by atoms with Gasteiger partial charge in [-0.3, -0.25) is 0 Å². The van der Waals surface area contributed by atoms with Gasteiger partial charge in [0.2, 0.25) is 0 Å². The highest BCUT2D eigenvalue weighted by molar-refractivity contribution is 5.88. The molecular formula is C18H23NO. The number of hydrogen-bond donors (Lipinski definition) is 1. The average Bonchev–Trinajstić information content (AvgIpc) is 3.01. The van der Waals surface area contributed by atoms with Crippen molar-refractivity contribution in [2.75, 3.05) is 13.1 Å². The van der Waals surface area contributed by atoms with Crippen molar-refractivity contribution >= 4 is 10.8 Å². The SMILES string of the molecule is CCC[C@H](Oc1cccc2ccccc12)[C@H]1CCNC1. The summed E-state index contributed by atoms with van der Waals surface area (Å²) < 4.78 is 6.41. The maximum atomic E-state index is 6.41. The highest BCUT2D eigenvalue weighted by Crippen LogP contribution is 2.29. The molecule has 20 heavy (non-hydrogen) atoms. The molecule has 1 N–H and O–H groups in total. The first-order valence-corrected chi connectivity index (χ1v) is 7.73. The lowest BCUT2D eigenvalue weighted by Gasteiger charge is -2.24. The molecule has 0 unspecified atom stereocenters. The van der Waals surface area contributed by atoms with Gasteiger partial charge in [0, 0.05) is 17.8 Å². The summed E-state index contributed by atoms with van der Waals surface area (Å²) in [5.74, 6) is 1.68. The van der Waals surface area contributed by atoms with Crippen LogP contribution in [0.25, 0.3) is 10.8 Å². The Kier molecular flexibility index (Phi) is 4.22. The van der Waals surface area contributed by atoms with Gasteiger partial charge in [-0.2, -0.15) is 0 Å². The highest BCUT2D eigenvalue weighted by atomic mass is 16.5. The minimum atomic E-state index is 0.334. The lowest BCUT2D eigenvalue weighted by molar-refractivity contribution is 0.134. The van der Waals surface area contributed by atoms with E-state index in [9.17, 15) is 0 Å². The van der Waals surface area contributed by atoms with Gasteiger partial charge in [-0.1, -0.05) is 49.7 Å². The smallest absolute Gasteiger partial charge is 0.127 e. The van der Waals surface area contributed by atoms with E-state index in [1.165, 1.54) is 23.6 Å². The predicted molar refractivity (Wildman–Crippen MR) is 84.2 cm³/mol. The van der Waals surface area contributed by atoms with Crippen LogP contribution in [0, 0.1) is 5.92 Å². The van der Waals surface area contributed by atoms with Gasteiger partial charge >= 0.3 is 0 Å². The topological polar surface area (TPSA) is 21.3 Å². The minimum Gasteiger partial charge on any atom is -0.489 e. The van der Waals surface area contributed by atoms with Crippen LogP contribution in [0.1, 0.15) is 26.2 Å². The van der Waals surface area contributed by atoms with Crippen molar-refractivity contribution in [1.29, 1.82) is 0 Å². The van der Waals surface area contributed by atoms with Crippen LogP contribution in [0.5, 0.6) is 5.75 Å². The molecule has 0 aliphatic carbocycles. The fraction of sp³-hybridized carbons (Fsp3) is 0.444. The molecule has 0 saturated carbocycles. The summed E-state index contributed by atoms with van der Waals surface area (Å²) in [6.45, 7) is 4.46. The number of nitrogens with one attached hydrogen (secondary N) is 1. The summed E-state index contributed by atoms with van der Waals surface area (Å²) in [5.41, 5.74) is 0. The first-order valence-electron chi connectivity index (χ1n) is 7.73. The molecule has 2 atom stereocenters. The molecule has 0 spiro atoms. The zero-order valence-corrected chi connectivity index (χ0v) is 12.1. The molecule has 1 aliphatic heterocycles. The van der Waals surface area contributed by atoms with Crippen molar-refractivity contribution < 1.29 is 4.74 Å². The Morgan fingerprint density at radius 3 is 2.85 bits per heavy atom. The second kappa shape index (κ2) is 6.27. The summed E-state index contributed by atoms with van der Waals surface area (Å²) >= 11 is 0. The van der Waals surface area contributed by atoms with E-state index in [2.05, 4.69) is 54.7 Å². The molecule has 3 rings (SSSR count). The standard InChI is InChI=1S/C18H23NO/c1-2-6-17(15-11-12-19-13-15)20-18-10-5-8-14-7-3-4-9-16(14)18/h3-5,7-10,15,17,19H,2,6,11-13H2,1H3/t15-,17-/m0/s1. The quantitative estimate of drug-likeness (QED) is 0.886. The summed E-state index contributed by atoms with van der Waals surface area (Å²) in [7, 11) is 0. The third-order valence-corrected chi connectivity index (χ3v) is 4.23. The van der Waals surface area contributed by atoms with Crippen molar-refractivity contribution in [3.05, 3.63) is 42.5 Å². The van der Waals surface area contributed by atoms with Crippen LogP contribution < -0.4 is 10.1 Å². The molecule has 1 fully saturated rings. The Hall–Kier alpha value is -1.54. The Labute approximate surface area is 121 Å². The van der Waals surface area contributed by atoms with Crippen molar-refractivity contribution in [3.8, 4) is 5.75 Å². The number of hydrogen-bond acceptors (Lipinski definition) is 2. The van der Waals surface area contributed by atoms with Crippen LogP contribution >= 0.6 is 0 Å². The van der Waals surface area contributed by atoms with E-state index in [4.69, 9.17) is 4.74 Å². The summed E-state index contributed by atoms with van der Waals surface area (Å²) in [5, 5.41) is 5.93. The van der Waals surface area contributed by atoms with Gasteiger partial charge in [0.1, 0.15) is 11.9 Å². The number of rotatable bonds is 5. The van der Waals surface area contributed by atoms with Gasteiger partial charge in [-0.25, -0.2) is 0 Å². The van der Waals surface area contributed by atoms with E-state index in [1.807, 2.05) is 0 Å². The fourth-order valence-electron chi connectivity index (χ4n) is 3.13. The van der Waals surface area contributed by atoms with Crippen LogP contribution in [0.4, 0.5) is 0 Å². The van der Waals surface area contributed by atoms with E-state index < -0.39 is 0 Å². The number of ether oxygens (including phenoxy) is 1. The first-order chi connectivity index (χ1) is 9.88. The normalized spacial score (nSPS) is 20.1. The lowest BCUT2D eigenvalue weighted by atomic mass is 9.97. The third kappa shape index (κ3) is 2.80. The lowest BCUT2D eigenvalue weighted by Crippen LogP contribution is -2.28. The number of benzene rings is 2. The maximum Gasteiger partial charge on any atom is 0.127 e. The van der Waals surface area contributed by atoms with Crippen LogP contribution in [-0.4, -0.2) is 19.2 Å². The van der Waals surface area contributed by atoms with Crippen LogP contribution in [0.15, 0.2) is 42.5 Å². The zero-order chi connectivity index (χ0) is 13.8. The molecule has 2 aromatic carbocycles.